The normalized spacial score (nSPS) is 13.8. The van der Waals surface area contributed by atoms with E-state index in [1.807, 2.05) is 30.3 Å². The fourth-order valence-corrected chi connectivity index (χ4v) is 10.0. The van der Waals surface area contributed by atoms with Crippen LogP contribution in [-0.4, -0.2) is 188 Å². The van der Waals surface area contributed by atoms with Gasteiger partial charge in [0, 0.05) is 72.4 Å². The Labute approximate surface area is 523 Å². The summed E-state index contributed by atoms with van der Waals surface area (Å²) in [6, 6.07) is 20.9. The average molecular weight is 1270 g/mol. The van der Waals surface area contributed by atoms with Crippen LogP contribution in [0.25, 0.3) is 32.8 Å². The molecule has 0 bridgehead atoms. The first-order valence-corrected chi connectivity index (χ1v) is 29.8. The van der Waals surface area contributed by atoms with Crippen molar-refractivity contribution in [3.05, 3.63) is 124 Å². The summed E-state index contributed by atoms with van der Waals surface area (Å²) in [6.45, 7) is 10.9. The fourth-order valence-electron chi connectivity index (χ4n) is 9.51. The molecular weight excluding hydrogens is 1200 g/mol. The first-order valence-electron chi connectivity index (χ1n) is 29.0. The van der Waals surface area contributed by atoms with Gasteiger partial charge in [0.25, 0.3) is 5.91 Å². The highest BCUT2D eigenvalue weighted by Gasteiger charge is 2.39. The number of benzene rings is 5. The molecule has 2 aliphatic heterocycles. The number of anilines is 3. The van der Waals surface area contributed by atoms with E-state index in [-0.39, 0.29) is 97.8 Å². The number of urea groups is 1. The van der Waals surface area contributed by atoms with Crippen LogP contribution in [0.1, 0.15) is 34.3 Å². The van der Waals surface area contributed by atoms with Crippen molar-refractivity contribution in [2.24, 2.45) is 0 Å². The van der Waals surface area contributed by atoms with Crippen LogP contribution in [0, 0.1) is 5.82 Å². The third-order valence-corrected chi connectivity index (χ3v) is 14.2. The van der Waals surface area contributed by atoms with E-state index in [9.17, 15) is 29.1 Å². The summed E-state index contributed by atoms with van der Waals surface area (Å²) in [4.78, 5) is 72.0. The number of fused-ring (bicyclic) bond motifs is 3. The highest BCUT2D eigenvalue weighted by molar-refractivity contribution is 6.35. The molecule has 0 aliphatic carbocycles. The Morgan fingerprint density at radius 3 is 1.99 bits per heavy atom. The van der Waals surface area contributed by atoms with Gasteiger partial charge in [-0.2, -0.15) is 4.98 Å². The van der Waals surface area contributed by atoms with E-state index in [0.717, 1.165) is 11.1 Å². The first kappa shape index (κ1) is 67.1. The quantitative estimate of drug-likeness (QED) is 0.0116. The van der Waals surface area contributed by atoms with E-state index < -0.39 is 23.8 Å². The topological polar surface area (TPSA) is 290 Å². The number of nitrogens with one attached hydrogen (secondary N) is 6. The van der Waals surface area contributed by atoms with Gasteiger partial charge in [-0.25, -0.2) is 14.2 Å². The van der Waals surface area contributed by atoms with E-state index in [4.69, 9.17) is 65.8 Å². The maximum Gasteiger partial charge on any atom is 0.319 e. The molecule has 3 heterocycles. The standard InChI is InChI=1S/C62H72Cl2FN9O15/c1-2-53(76)66-11-12-67-58-50-37-51(64)55(49-36-45(75)32-41-5-3-4-6-47(41)49)56(65)57(50)72-61(73-58)68-13-14-81-15-16-82-17-18-83-19-20-84-21-22-85-23-24-86-25-26-87-27-28-88-29-30-89-46-34-43(63)33-44(35-46)70-62(80)69-38-40-7-8-48-42(31-40)39-74(60(48)79)52-9-10-54(77)71-59(52)78/h2-8,31-37,52,75H,1,9-30,38-39H2,(H,66,76)(H2,69,70,80)(H,71,77,78)(H2,67,68,72,73). The maximum absolute atomic E-state index is 16.6. The third-order valence-electron chi connectivity index (χ3n) is 13.7. The molecule has 0 spiro atoms. The number of rotatable bonds is 39. The molecule has 0 saturated carbocycles. The minimum atomic E-state index is -0.705. The van der Waals surface area contributed by atoms with Gasteiger partial charge in [0.05, 0.1) is 111 Å². The van der Waals surface area contributed by atoms with Crippen LogP contribution >= 0.6 is 23.2 Å². The number of imide groups is 1. The molecule has 6 aromatic rings. The molecular formula is C62H72Cl2FN9O15. The van der Waals surface area contributed by atoms with Crippen LogP contribution in [0.5, 0.6) is 11.5 Å². The molecule has 24 nitrogen and oxygen atoms in total. The molecule has 476 valence electrons. The number of hydrogen-bond acceptors (Lipinski definition) is 19. The lowest BCUT2D eigenvalue weighted by Gasteiger charge is -2.29. The van der Waals surface area contributed by atoms with Crippen molar-refractivity contribution < 1.29 is 76.1 Å². The number of nitrogens with zero attached hydrogens (tertiary/aromatic N) is 3. The molecule has 7 N–H and O–H groups in total. The molecule has 1 atom stereocenters. The van der Waals surface area contributed by atoms with Crippen molar-refractivity contribution in [1.82, 2.24) is 30.8 Å². The SMILES string of the molecule is C=CC(=O)NCCNc1nc(NCCOCCOCCOCCOCCOCCOCCOCCOCCOc2cc(Cl)cc(NC(=O)NCc3ccc4c(c3)CN(C3CCC(=O)NC3=O)C4=O)c2)nc2c(F)c(-c3cc(O)cc4ccccc34)c(Cl)cc12. The predicted octanol–water partition coefficient (Wildman–Crippen LogP) is 7.02. The number of phenols is 1. The zero-order valence-corrected chi connectivity index (χ0v) is 50.5. The summed E-state index contributed by atoms with van der Waals surface area (Å²) in [6.07, 6.45) is 1.62. The number of amides is 6. The van der Waals surface area contributed by atoms with E-state index in [0.29, 0.717) is 155 Å². The summed E-state index contributed by atoms with van der Waals surface area (Å²) in [7, 11) is 0. The van der Waals surface area contributed by atoms with Crippen LogP contribution in [0.15, 0.2) is 91.5 Å². The Kier molecular flexibility index (Phi) is 26.7. The summed E-state index contributed by atoms with van der Waals surface area (Å²) < 4.78 is 67.2. The number of hydrogen-bond donors (Lipinski definition) is 7. The minimum Gasteiger partial charge on any atom is -0.508 e. The molecule has 5 aromatic carbocycles. The molecule has 6 amide bonds. The number of halogens is 3. The minimum absolute atomic E-state index is 0.00100. The summed E-state index contributed by atoms with van der Waals surface area (Å²) in [5.41, 5.74) is 2.91. The molecule has 1 fully saturated rings. The fraction of sp³-hybridized carbons (Fsp3) is 0.403. The number of aromatic nitrogens is 2. The predicted molar refractivity (Wildman–Crippen MR) is 331 cm³/mol. The van der Waals surface area contributed by atoms with Gasteiger partial charge in [-0.1, -0.05) is 66.2 Å². The van der Waals surface area contributed by atoms with Gasteiger partial charge in [0.2, 0.25) is 23.7 Å². The van der Waals surface area contributed by atoms with Gasteiger partial charge in [0.1, 0.15) is 35.5 Å². The highest BCUT2D eigenvalue weighted by Crippen LogP contribution is 2.42. The van der Waals surface area contributed by atoms with Gasteiger partial charge in [-0.3, -0.25) is 24.5 Å². The van der Waals surface area contributed by atoms with Crippen LogP contribution < -0.4 is 36.6 Å². The third kappa shape index (κ3) is 20.6. The number of ether oxygens (including phenoxy) is 9. The molecule has 89 heavy (non-hydrogen) atoms. The second kappa shape index (κ2) is 35.4. The van der Waals surface area contributed by atoms with Crippen molar-refractivity contribution in [1.29, 1.82) is 0 Å². The van der Waals surface area contributed by atoms with Crippen molar-refractivity contribution in [2.75, 3.05) is 148 Å². The van der Waals surface area contributed by atoms with Crippen molar-refractivity contribution in [3.8, 4) is 22.6 Å². The van der Waals surface area contributed by atoms with Crippen LogP contribution in [0.2, 0.25) is 10.0 Å². The van der Waals surface area contributed by atoms with Gasteiger partial charge in [-0.05, 0) is 76.4 Å². The molecule has 1 aromatic heterocycles. The lowest BCUT2D eigenvalue weighted by atomic mass is 9.96. The van der Waals surface area contributed by atoms with Gasteiger partial charge >= 0.3 is 6.03 Å². The Morgan fingerprint density at radius 2 is 1.34 bits per heavy atom. The largest absolute Gasteiger partial charge is 0.508 e. The van der Waals surface area contributed by atoms with E-state index in [1.165, 1.54) is 17.0 Å². The number of carbonyl (C=O) groups is 5. The Morgan fingerprint density at radius 1 is 0.697 bits per heavy atom. The molecule has 0 radical (unpaired) electrons. The highest BCUT2D eigenvalue weighted by atomic mass is 35.5. The second-order valence-electron chi connectivity index (χ2n) is 20.0. The monoisotopic (exact) mass is 1270 g/mol. The molecule has 1 saturated heterocycles. The second-order valence-corrected chi connectivity index (χ2v) is 20.9. The number of phenolic OH excluding ortho intramolecular Hbond substituents is 1. The molecule has 2 aliphatic rings. The maximum atomic E-state index is 16.6. The van der Waals surface area contributed by atoms with Crippen molar-refractivity contribution in [2.45, 2.75) is 32.0 Å². The Hall–Kier alpha value is -7.82. The summed E-state index contributed by atoms with van der Waals surface area (Å²) in [5.74, 6) is -1.28. The Bertz CT molecular complexity index is 3410. The van der Waals surface area contributed by atoms with Crippen molar-refractivity contribution >= 4 is 92.0 Å². The van der Waals surface area contributed by atoms with Gasteiger partial charge < -0.3 is 79.2 Å². The molecule has 8 rings (SSSR count). The van der Waals surface area contributed by atoms with E-state index in [2.05, 4.69) is 48.4 Å². The first-order chi connectivity index (χ1) is 43.3. The number of aromatic hydroxyl groups is 1. The zero-order chi connectivity index (χ0) is 62.7. The lowest BCUT2D eigenvalue weighted by molar-refractivity contribution is -0.137. The van der Waals surface area contributed by atoms with E-state index in [1.54, 1.807) is 42.5 Å². The number of carbonyl (C=O) groups excluding carboxylic acids is 5. The van der Waals surface area contributed by atoms with Gasteiger partial charge in [-0.15, -0.1) is 0 Å². The van der Waals surface area contributed by atoms with Crippen LogP contribution in [-0.2, 0) is 65.4 Å². The molecule has 27 heteroatoms. The van der Waals surface area contributed by atoms with Crippen LogP contribution in [0.4, 0.5) is 26.6 Å². The smallest absolute Gasteiger partial charge is 0.319 e. The summed E-state index contributed by atoms with van der Waals surface area (Å²) >= 11 is 13.1. The number of piperidine rings is 1. The van der Waals surface area contributed by atoms with Gasteiger partial charge in [0.15, 0.2) is 5.82 Å². The van der Waals surface area contributed by atoms with E-state index >= 15 is 4.39 Å². The zero-order valence-electron chi connectivity index (χ0n) is 49.0. The van der Waals surface area contributed by atoms with Crippen molar-refractivity contribution in [3.63, 3.8) is 0 Å². The van der Waals surface area contributed by atoms with Crippen LogP contribution in [0.3, 0.4) is 0 Å². The average Bonchev–Trinajstić information content (AvgIpc) is 1.83. The lowest BCUT2D eigenvalue weighted by Crippen LogP contribution is -2.52. The summed E-state index contributed by atoms with van der Waals surface area (Å²) in [5, 5.41) is 29.5. The molecule has 1 unspecified atom stereocenters. The Balaban J connectivity index is 0.586.